The van der Waals surface area contributed by atoms with Crippen LogP contribution in [0.4, 0.5) is 13.2 Å². The van der Waals surface area contributed by atoms with Crippen LogP contribution in [0.25, 0.3) is 0 Å². The van der Waals surface area contributed by atoms with Crippen LogP contribution in [0.2, 0.25) is 0 Å². The highest BCUT2D eigenvalue weighted by Gasteiger charge is 2.36. The van der Waals surface area contributed by atoms with Crippen LogP contribution in [-0.4, -0.2) is 30.9 Å². The SMILES string of the molecule is CC(NC(c1cccc(C(F)(F)F)c1)C1CC1)C(=O)N(C)C. The molecule has 3 nitrogen and oxygen atoms in total. The molecule has 1 N–H and O–H groups in total. The normalized spacial score (nSPS) is 17.9. The third-order valence-corrected chi connectivity index (χ3v) is 3.91. The zero-order valence-electron chi connectivity index (χ0n) is 12.9. The smallest absolute Gasteiger partial charge is 0.347 e. The number of likely N-dealkylation sites (N-methyl/N-ethyl adjacent to an activating group) is 1. The first-order valence-corrected chi connectivity index (χ1v) is 7.34. The fourth-order valence-corrected chi connectivity index (χ4v) is 2.57. The molecule has 0 spiro atoms. The van der Waals surface area contributed by atoms with Gasteiger partial charge in [0.15, 0.2) is 0 Å². The van der Waals surface area contributed by atoms with Crippen molar-refractivity contribution >= 4 is 5.91 Å². The Kier molecular flexibility index (Phi) is 4.80. The number of benzene rings is 1. The van der Waals surface area contributed by atoms with Crippen LogP contribution in [0.3, 0.4) is 0 Å². The monoisotopic (exact) mass is 314 g/mol. The number of amides is 1. The lowest BCUT2D eigenvalue weighted by Gasteiger charge is -2.25. The van der Waals surface area contributed by atoms with E-state index in [0.717, 1.165) is 18.9 Å². The van der Waals surface area contributed by atoms with Crippen LogP contribution in [0.5, 0.6) is 0 Å². The van der Waals surface area contributed by atoms with Crippen molar-refractivity contribution in [3.63, 3.8) is 0 Å². The molecule has 1 saturated carbocycles. The highest BCUT2D eigenvalue weighted by molar-refractivity contribution is 5.81. The van der Waals surface area contributed by atoms with Crippen LogP contribution in [0.1, 0.15) is 36.9 Å². The van der Waals surface area contributed by atoms with Gasteiger partial charge in [0.1, 0.15) is 0 Å². The summed E-state index contributed by atoms with van der Waals surface area (Å²) in [6.45, 7) is 1.74. The Balaban J connectivity index is 2.20. The van der Waals surface area contributed by atoms with Crippen molar-refractivity contribution in [1.29, 1.82) is 0 Å². The van der Waals surface area contributed by atoms with E-state index in [0.29, 0.717) is 11.5 Å². The molecule has 1 aromatic carbocycles. The molecule has 0 radical (unpaired) electrons. The lowest BCUT2D eigenvalue weighted by atomic mass is 9.99. The molecule has 0 aliphatic heterocycles. The molecule has 1 aliphatic carbocycles. The maximum Gasteiger partial charge on any atom is 0.416 e. The van der Waals surface area contributed by atoms with E-state index in [4.69, 9.17) is 0 Å². The van der Waals surface area contributed by atoms with Crippen molar-refractivity contribution in [3.05, 3.63) is 35.4 Å². The van der Waals surface area contributed by atoms with E-state index in [1.807, 2.05) is 0 Å². The van der Waals surface area contributed by atoms with Crippen LogP contribution < -0.4 is 5.32 Å². The van der Waals surface area contributed by atoms with Crippen molar-refractivity contribution in [2.75, 3.05) is 14.1 Å². The summed E-state index contributed by atoms with van der Waals surface area (Å²) >= 11 is 0. The van der Waals surface area contributed by atoms with Crippen molar-refractivity contribution < 1.29 is 18.0 Å². The Morgan fingerprint density at radius 2 is 1.95 bits per heavy atom. The minimum absolute atomic E-state index is 0.0855. The topological polar surface area (TPSA) is 32.3 Å². The van der Waals surface area contributed by atoms with Gasteiger partial charge in [0.2, 0.25) is 5.91 Å². The van der Waals surface area contributed by atoms with Gasteiger partial charge in [-0.25, -0.2) is 0 Å². The Bertz CT molecular complexity index is 538. The highest BCUT2D eigenvalue weighted by Crippen LogP contribution is 2.42. The molecule has 1 aliphatic rings. The molecular formula is C16H21F3N2O. The van der Waals surface area contributed by atoms with E-state index in [2.05, 4.69) is 5.32 Å². The van der Waals surface area contributed by atoms with Crippen molar-refractivity contribution in [1.82, 2.24) is 10.2 Å². The first-order chi connectivity index (χ1) is 10.2. The molecule has 122 valence electrons. The first kappa shape index (κ1) is 16.8. The van der Waals surface area contributed by atoms with Gasteiger partial charge in [0, 0.05) is 20.1 Å². The molecule has 2 atom stereocenters. The van der Waals surface area contributed by atoms with E-state index >= 15 is 0 Å². The molecule has 0 saturated heterocycles. The standard InChI is InChI=1S/C16H21F3N2O/c1-10(15(22)21(2)3)20-14(11-7-8-11)12-5-4-6-13(9-12)16(17,18)19/h4-6,9-11,14,20H,7-8H2,1-3H3. The van der Waals surface area contributed by atoms with E-state index in [9.17, 15) is 18.0 Å². The zero-order valence-corrected chi connectivity index (χ0v) is 12.9. The molecular weight excluding hydrogens is 293 g/mol. The van der Waals surface area contributed by atoms with E-state index < -0.39 is 17.8 Å². The van der Waals surface area contributed by atoms with Gasteiger partial charge in [-0.2, -0.15) is 13.2 Å². The Morgan fingerprint density at radius 1 is 1.32 bits per heavy atom. The molecule has 6 heteroatoms. The molecule has 22 heavy (non-hydrogen) atoms. The fourth-order valence-electron chi connectivity index (χ4n) is 2.57. The molecule has 2 rings (SSSR count). The van der Waals surface area contributed by atoms with E-state index in [1.54, 1.807) is 27.1 Å². The molecule has 1 amide bonds. The maximum absolute atomic E-state index is 12.9. The predicted molar refractivity (Wildman–Crippen MR) is 78.2 cm³/mol. The van der Waals surface area contributed by atoms with Crippen LogP contribution >= 0.6 is 0 Å². The summed E-state index contributed by atoms with van der Waals surface area (Å²) in [5.41, 5.74) is -0.0558. The van der Waals surface area contributed by atoms with Crippen LogP contribution in [-0.2, 0) is 11.0 Å². The van der Waals surface area contributed by atoms with Gasteiger partial charge in [-0.05, 0) is 43.4 Å². The quantitative estimate of drug-likeness (QED) is 0.905. The number of halogens is 3. The average Bonchev–Trinajstić information content (AvgIpc) is 3.27. The third-order valence-electron chi connectivity index (χ3n) is 3.91. The van der Waals surface area contributed by atoms with Gasteiger partial charge < -0.3 is 4.90 Å². The lowest BCUT2D eigenvalue weighted by molar-refractivity contribution is -0.137. The van der Waals surface area contributed by atoms with Gasteiger partial charge in [-0.3, -0.25) is 10.1 Å². The summed E-state index contributed by atoms with van der Waals surface area (Å²) in [7, 11) is 3.33. The maximum atomic E-state index is 12.9. The summed E-state index contributed by atoms with van der Waals surface area (Å²) in [5.74, 6) is 0.207. The molecule has 2 unspecified atom stereocenters. The summed E-state index contributed by atoms with van der Waals surface area (Å²) < 4.78 is 38.6. The van der Waals surface area contributed by atoms with Crippen LogP contribution in [0, 0.1) is 5.92 Å². The molecule has 1 fully saturated rings. The minimum atomic E-state index is -4.35. The number of carbonyl (C=O) groups excluding carboxylic acids is 1. The Hall–Kier alpha value is -1.56. The number of nitrogens with one attached hydrogen (secondary N) is 1. The van der Waals surface area contributed by atoms with Crippen molar-refractivity contribution in [2.24, 2.45) is 5.92 Å². The largest absolute Gasteiger partial charge is 0.416 e. The van der Waals surface area contributed by atoms with E-state index in [-0.39, 0.29) is 11.9 Å². The summed E-state index contributed by atoms with van der Waals surface area (Å²) in [5, 5.41) is 3.20. The number of hydrogen-bond acceptors (Lipinski definition) is 2. The Labute approximate surface area is 128 Å². The van der Waals surface area contributed by atoms with Gasteiger partial charge in [-0.1, -0.05) is 12.1 Å². The molecule has 1 aromatic rings. The first-order valence-electron chi connectivity index (χ1n) is 7.34. The molecule has 0 aromatic heterocycles. The third kappa shape index (κ3) is 4.00. The second-order valence-electron chi connectivity index (χ2n) is 6.06. The minimum Gasteiger partial charge on any atom is -0.347 e. The summed E-state index contributed by atoms with van der Waals surface area (Å²) in [6, 6.07) is 4.72. The molecule has 0 bridgehead atoms. The fraction of sp³-hybridized carbons (Fsp3) is 0.562. The average molecular weight is 314 g/mol. The summed E-state index contributed by atoms with van der Waals surface area (Å²) in [4.78, 5) is 13.4. The second-order valence-corrected chi connectivity index (χ2v) is 6.06. The van der Waals surface area contributed by atoms with Gasteiger partial charge in [0.05, 0.1) is 11.6 Å². The Morgan fingerprint density at radius 3 is 2.45 bits per heavy atom. The predicted octanol–water partition coefficient (Wildman–Crippen LogP) is 3.22. The van der Waals surface area contributed by atoms with E-state index in [1.165, 1.54) is 17.0 Å². The van der Waals surface area contributed by atoms with Gasteiger partial charge in [-0.15, -0.1) is 0 Å². The number of nitrogens with zero attached hydrogens (tertiary/aromatic N) is 1. The highest BCUT2D eigenvalue weighted by atomic mass is 19.4. The van der Waals surface area contributed by atoms with Gasteiger partial charge in [0.25, 0.3) is 0 Å². The number of rotatable bonds is 5. The van der Waals surface area contributed by atoms with Gasteiger partial charge >= 0.3 is 6.18 Å². The van der Waals surface area contributed by atoms with Crippen molar-refractivity contribution in [3.8, 4) is 0 Å². The van der Waals surface area contributed by atoms with Crippen molar-refractivity contribution in [2.45, 2.75) is 38.0 Å². The summed E-state index contributed by atoms with van der Waals surface area (Å²) in [6.07, 6.45) is -2.41. The van der Waals surface area contributed by atoms with Crippen LogP contribution in [0.15, 0.2) is 24.3 Å². The number of alkyl halides is 3. The zero-order chi connectivity index (χ0) is 16.5. The molecule has 0 heterocycles. The number of hydrogen-bond donors (Lipinski definition) is 1. The lowest BCUT2D eigenvalue weighted by Crippen LogP contribution is -2.43. The second kappa shape index (κ2) is 6.28. The number of carbonyl (C=O) groups is 1.